The fourth-order valence-corrected chi connectivity index (χ4v) is 3.04. The van der Waals surface area contributed by atoms with E-state index in [1.807, 2.05) is 0 Å². The largest absolute Gasteiger partial charge is 0.0596 e. The summed E-state index contributed by atoms with van der Waals surface area (Å²) in [5.74, 6) is 0.877. The van der Waals surface area contributed by atoms with Gasteiger partial charge in [0.05, 0.1) is 0 Å². The first-order valence-corrected chi connectivity index (χ1v) is 5.19. The molecule has 1 aliphatic carbocycles. The first-order valence-electron chi connectivity index (χ1n) is 5.19. The van der Waals surface area contributed by atoms with Gasteiger partial charge in [-0.2, -0.15) is 0 Å². The maximum Gasteiger partial charge on any atom is -0.0311 e. The molecule has 0 aromatic heterocycles. The van der Waals surface area contributed by atoms with E-state index in [4.69, 9.17) is 0 Å². The molecule has 1 aliphatic rings. The van der Waals surface area contributed by atoms with Gasteiger partial charge in [0.25, 0.3) is 0 Å². The highest BCUT2D eigenvalue weighted by Gasteiger charge is 2.45. The fraction of sp³-hybridized carbons (Fsp3) is 0.917. The molecular formula is C12H23. The van der Waals surface area contributed by atoms with Gasteiger partial charge in [0.1, 0.15) is 0 Å². The molecule has 71 valence electrons. The second kappa shape index (κ2) is 3.05. The van der Waals surface area contributed by atoms with Crippen molar-refractivity contribution in [2.75, 3.05) is 0 Å². The summed E-state index contributed by atoms with van der Waals surface area (Å²) in [6.07, 6.45) is 5.19. The highest BCUT2D eigenvalue weighted by Crippen LogP contribution is 2.55. The molecule has 1 saturated carbocycles. The Hall–Kier alpha value is 0. The third-order valence-corrected chi connectivity index (χ3v) is 3.79. The van der Waals surface area contributed by atoms with Crippen molar-refractivity contribution in [3.8, 4) is 0 Å². The van der Waals surface area contributed by atoms with Gasteiger partial charge in [-0.1, -0.05) is 41.0 Å². The maximum atomic E-state index is 3.98. The van der Waals surface area contributed by atoms with Gasteiger partial charge in [-0.05, 0) is 36.0 Å². The van der Waals surface area contributed by atoms with E-state index in [1.54, 1.807) is 0 Å². The third-order valence-electron chi connectivity index (χ3n) is 3.79. The lowest BCUT2D eigenvalue weighted by atomic mass is 9.70. The number of hydrogen-bond donors (Lipinski definition) is 0. The summed E-state index contributed by atoms with van der Waals surface area (Å²) >= 11 is 0. The van der Waals surface area contributed by atoms with Crippen LogP contribution in [0, 0.1) is 23.7 Å². The molecule has 0 nitrogen and oxygen atoms in total. The molecule has 0 atom stereocenters. The molecule has 0 aliphatic heterocycles. The topological polar surface area (TPSA) is 0 Å². The van der Waals surface area contributed by atoms with E-state index in [-0.39, 0.29) is 0 Å². The Balaban J connectivity index is 2.74. The zero-order valence-corrected chi connectivity index (χ0v) is 9.11. The molecule has 1 radical (unpaired) electrons. The Kier molecular flexibility index (Phi) is 2.56. The van der Waals surface area contributed by atoms with Crippen LogP contribution in [0.4, 0.5) is 0 Å². The third kappa shape index (κ3) is 1.67. The second-order valence-corrected chi connectivity index (χ2v) is 5.67. The van der Waals surface area contributed by atoms with Crippen molar-refractivity contribution in [2.45, 2.75) is 53.4 Å². The summed E-state index contributed by atoms with van der Waals surface area (Å²) in [7, 11) is 0. The van der Waals surface area contributed by atoms with Crippen LogP contribution >= 0.6 is 0 Å². The zero-order chi connectivity index (χ0) is 9.41. The minimum absolute atomic E-state index is 0.557. The van der Waals surface area contributed by atoms with Crippen LogP contribution in [0.5, 0.6) is 0 Å². The van der Waals surface area contributed by atoms with E-state index in [2.05, 4.69) is 34.6 Å². The molecule has 0 saturated heterocycles. The molecule has 0 heteroatoms. The smallest absolute Gasteiger partial charge is 0.0311 e. The van der Waals surface area contributed by atoms with Crippen molar-refractivity contribution < 1.29 is 0 Å². The van der Waals surface area contributed by atoms with Gasteiger partial charge in [0.2, 0.25) is 0 Å². The molecule has 0 amide bonds. The number of hydrogen-bond acceptors (Lipinski definition) is 0. The SMILES string of the molecule is [CH2]CCC1C(C)(C)CCC1(C)C. The summed E-state index contributed by atoms with van der Waals surface area (Å²) in [4.78, 5) is 0. The lowest BCUT2D eigenvalue weighted by Gasteiger charge is -2.35. The normalized spacial score (nSPS) is 27.8. The highest BCUT2D eigenvalue weighted by molar-refractivity contribution is 4.95. The standard InChI is InChI=1S/C12H23/c1-6-7-10-11(2,3)8-9-12(10,4)5/h10H,1,6-9H2,2-5H3. The first-order chi connectivity index (χ1) is 5.40. The molecule has 0 bridgehead atoms. The van der Waals surface area contributed by atoms with Crippen molar-refractivity contribution in [3.05, 3.63) is 6.92 Å². The Morgan fingerprint density at radius 1 is 1.08 bits per heavy atom. The molecule has 0 heterocycles. The molecule has 1 rings (SSSR count). The first kappa shape index (κ1) is 10.1. The molecule has 0 aromatic rings. The monoisotopic (exact) mass is 167 g/mol. The number of rotatable bonds is 2. The summed E-state index contributed by atoms with van der Waals surface area (Å²) < 4.78 is 0. The van der Waals surface area contributed by atoms with Crippen LogP contribution < -0.4 is 0 Å². The Morgan fingerprint density at radius 2 is 1.50 bits per heavy atom. The van der Waals surface area contributed by atoms with Crippen molar-refractivity contribution in [3.63, 3.8) is 0 Å². The van der Waals surface area contributed by atoms with Gasteiger partial charge in [0, 0.05) is 0 Å². The molecule has 0 N–H and O–H groups in total. The highest BCUT2D eigenvalue weighted by atomic mass is 14.5. The van der Waals surface area contributed by atoms with Gasteiger partial charge in [0.15, 0.2) is 0 Å². The van der Waals surface area contributed by atoms with Crippen LogP contribution in [-0.2, 0) is 0 Å². The molecule has 12 heavy (non-hydrogen) atoms. The summed E-state index contributed by atoms with van der Waals surface area (Å²) in [6.45, 7) is 13.7. The van der Waals surface area contributed by atoms with E-state index in [9.17, 15) is 0 Å². The van der Waals surface area contributed by atoms with Crippen LogP contribution in [0.2, 0.25) is 0 Å². The van der Waals surface area contributed by atoms with E-state index >= 15 is 0 Å². The van der Waals surface area contributed by atoms with E-state index in [1.165, 1.54) is 19.3 Å². The average molecular weight is 167 g/mol. The minimum atomic E-state index is 0.557. The van der Waals surface area contributed by atoms with Crippen LogP contribution in [0.1, 0.15) is 53.4 Å². The zero-order valence-electron chi connectivity index (χ0n) is 9.11. The van der Waals surface area contributed by atoms with Crippen molar-refractivity contribution in [1.29, 1.82) is 0 Å². The van der Waals surface area contributed by atoms with E-state index in [0.29, 0.717) is 10.8 Å². The van der Waals surface area contributed by atoms with Crippen LogP contribution in [0.25, 0.3) is 0 Å². The summed E-state index contributed by atoms with van der Waals surface area (Å²) in [6, 6.07) is 0. The van der Waals surface area contributed by atoms with E-state index in [0.717, 1.165) is 12.3 Å². The predicted molar refractivity (Wildman–Crippen MR) is 54.9 cm³/mol. The maximum absolute atomic E-state index is 3.98. The van der Waals surface area contributed by atoms with Gasteiger partial charge in [-0.25, -0.2) is 0 Å². The predicted octanol–water partition coefficient (Wildman–Crippen LogP) is 4.06. The molecule has 1 fully saturated rings. The Labute approximate surface area is 77.7 Å². The van der Waals surface area contributed by atoms with Gasteiger partial charge < -0.3 is 0 Å². The van der Waals surface area contributed by atoms with E-state index < -0.39 is 0 Å². The van der Waals surface area contributed by atoms with Crippen molar-refractivity contribution in [1.82, 2.24) is 0 Å². The van der Waals surface area contributed by atoms with Crippen LogP contribution in [-0.4, -0.2) is 0 Å². The Morgan fingerprint density at radius 3 is 1.83 bits per heavy atom. The quantitative estimate of drug-likeness (QED) is 0.581. The molecule has 0 spiro atoms. The lowest BCUT2D eigenvalue weighted by molar-refractivity contribution is 0.147. The second-order valence-electron chi connectivity index (χ2n) is 5.67. The molecule has 0 aromatic carbocycles. The van der Waals surface area contributed by atoms with Crippen LogP contribution in [0.3, 0.4) is 0 Å². The van der Waals surface area contributed by atoms with Crippen molar-refractivity contribution in [2.24, 2.45) is 16.7 Å². The minimum Gasteiger partial charge on any atom is -0.0596 e. The molecular weight excluding hydrogens is 144 g/mol. The van der Waals surface area contributed by atoms with Gasteiger partial charge in [-0.15, -0.1) is 0 Å². The Bertz CT molecular complexity index is 137. The average Bonchev–Trinajstić information content (AvgIpc) is 2.13. The van der Waals surface area contributed by atoms with Gasteiger partial charge in [-0.3, -0.25) is 0 Å². The van der Waals surface area contributed by atoms with Crippen molar-refractivity contribution >= 4 is 0 Å². The van der Waals surface area contributed by atoms with Gasteiger partial charge >= 0.3 is 0 Å². The lowest BCUT2D eigenvalue weighted by Crippen LogP contribution is -2.27. The summed E-state index contributed by atoms with van der Waals surface area (Å²) in [5.41, 5.74) is 1.11. The summed E-state index contributed by atoms with van der Waals surface area (Å²) in [5, 5.41) is 0. The van der Waals surface area contributed by atoms with Crippen LogP contribution in [0.15, 0.2) is 0 Å². The fourth-order valence-electron chi connectivity index (χ4n) is 3.04. The molecule has 0 unspecified atom stereocenters.